The summed E-state index contributed by atoms with van der Waals surface area (Å²) in [5, 5.41) is 26.1. The molecule has 0 bridgehead atoms. The number of hydrogen-bond donors (Lipinski definition) is 5. The van der Waals surface area contributed by atoms with Crippen molar-refractivity contribution in [2.75, 3.05) is 39.5 Å². The Morgan fingerprint density at radius 1 is 0.593 bits per heavy atom. The van der Waals surface area contributed by atoms with E-state index in [9.17, 15) is 38.7 Å². The molecule has 3 amide bonds. The molecular weight excluding hydrogens is 698 g/mol. The fraction of sp³-hybridized carbons (Fsp3) is 0.825. The zero-order chi connectivity index (χ0) is 40.6. The maximum atomic E-state index is 12.3. The molecule has 0 saturated carbocycles. The van der Waals surface area contributed by atoms with Gasteiger partial charge in [-0.3, -0.25) is 28.8 Å². The van der Waals surface area contributed by atoms with Crippen molar-refractivity contribution in [1.29, 1.82) is 0 Å². The molecule has 5 N–H and O–H groups in total. The summed E-state index contributed by atoms with van der Waals surface area (Å²) >= 11 is 0. The fourth-order valence-electron chi connectivity index (χ4n) is 5.64. The summed E-state index contributed by atoms with van der Waals surface area (Å²) in [5.74, 6) is -3.07. The average molecular weight is 772 g/mol. The van der Waals surface area contributed by atoms with Gasteiger partial charge < -0.3 is 35.6 Å². The quantitative estimate of drug-likeness (QED) is 0.0482. The van der Waals surface area contributed by atoms with E-state index in [2.05, 4.69) is 16.0 Å². The van der Waals surface area contributed by atoms with Crippen molar-refractivity contribution in [1.82, 2.24) is 16.0 Å². The van der Waals surface area contributed by atoms with Crippen LogP contribution in [0.15, 0.2) is 0 Å². The van der Waals surface area contributed by atoms with Gasteiger partial charge in [0, 0.05) is 51.5 Å². The maximum absolute atomic E-state index is 12.3. The van der Waals surface area contributed by atoms with Gasteiger partial charge in [-0.25, -0.2) is 4.79 Å². The first-order chi connectivity index (χ1) is 25.6. The average Bonchev–Trinajstić information content (AvgIpc) is 3.09. The van der Waals surface area contributed by atoms with Gasteiger partial charge in [-0.1, -0.05) is 91.4 Å². The second-order valence-electron chi connectivity index (χ2n) is 15.2. The van der Waals surface area contributed by atoms with Crippen molar-refractivity contribution in [2.45, 2.75) is 162 Å². The molecule has 0 aromatic rings. The number of aliphatic carboxylic acids is 2. The fourth-order valence-corrected chi connectivity index (χ4v) is 5.64. The molecule has 0 fully saturated rings. The Kier molecular flexibility index (Phi) is 29.9. The molecule has 14 nitrogen and oxygen atoms in total. The first-order valence-corrected chi connectivity index (χ1v) is 20.1. The van der Waals surface area contributed by atoms with E-state index in [0.29, 0.717) is 25.8 Å². The van der Waals surface area contributed by atoms with Crippen molar-refractivity contribution in [2.24, 2.45) is 11.3 Å². The summed E-state index contributed by atoms with van der Waals surface area (Å²) in [4.78, 5) is 82.8. The Hall–Kier alpha value is -3.39. The zero-order valence-electron chi connectivity index (χ0n) is 33.6. The Morgan fingerprint density at radius 3 is 1.67 bits per heavy atom. The molecule has 0 rings (SSSR count). The molecule has 2 atom stereocenters. The lowest BCUT2D eigenvalue weighted by atomic mass is 9.82. The minimum atomic E-state index is -1.18. The van der Waals surface area contributed by atoms with Gasteiger partial charge in [0.05, 0.1) is 19.8 Å². The molecule has 0 saturated heterocycles. The van der Waals surface area contributed by atoms with E-state index < -0.39 is 23.4 Å². The highest BCUT2D eigenvalue weighted by molar-refractivity contribution is 5.89. The summed E-state index contributed by atoms with van der Waals surface area (Å²) < 4.78 is 10.7. The van der Waals surface area contributed by atoms with Gasteiger partial charge in [-0.15, -0.1) is 0 Å². The number of amides is 3. The number of nitrogens with one attached hydrogen (secondary N) is 3. The van der Waals surface area contributed by atoms with Crippen LogP contribution < -0.4 is 16.0 Å². The molecule has 14 heteroatoms. The Morgan fingerprint density at radius 2 is 1.13 bits per heavy atom. The number of carbonyl (C=O) groups excluding carboxylic acids is 5. The third kappa shape index (κ3) is 31.0. The second-order valence-corrected chi connectivity index (χ2v) is 15.2. The second kappa shape index (κ2) is 31.9. The number of Topliss-reactive ketones (excluding diaryl/α,β-unsaturated/α-hetero) is 2. The summed E-state index contributed by atoms with van der Waals surface area (Å²) in [5.41, 5.74) is -0.474. The van der Waals surface area contributed by atoms with Crippen molar-refractivity contribution in [3.8, 4) is 0 Å². The van der Waals surface area contributed by atoms with Gasteiger partial charge in [0.15, 0.2) is 0 Å². The highest BCUT2D eigenvalue weighted by Crippen LogP contribution is 2.23. The van der Waals surface area contributed by atoms with E-state index in [1.54, 1.807) is 0 Å². The van der Waals surface area contributed by atoms with Crippen LogP contribution in [0.5, 0.6) is 0 Å². The standard InChI is InChI=1S/C40H71N3O11.H2/c1-31(44)32(29-34(45)40(2,3)4)19-17-18-24-41-37(48)30-54-28-27-53-26-25-42-35(46)23-22-33(39(51)52)43-36(47)20-15-13-11-9-7-5-6-8-10-12-14-16-21-38(49)50;/h32-33H,5-30H2,1-4H3,(H,41,48)(H,42,46)(H,43,47)(H,49,50)(H,51,52);1H/t32-,33+;/m1./s1. The number of carboxylic acid groups (broad SMARTS) is 2. The number of ether oxygens (including phenoxy) is 2. The smallest absolute Gasteiger partial charge is 0.326 e. The topological polar surface area (TPSA) is 214 Å². The van der Waals surface area contributed by atoms with Crippen LogP contribution in [0.4, 0.5) is 0 Å². The van der Waals surface area contributed by atoms with E-state index >= 15 is 0 Å². The van der Waals surface area contributed by atoms with E-state index in [4.69, 9.17) is 14.6 Å². The van der Waals surface area contributed by atoms with E-state index in [0.717, 1.165) is 57.8 Å². The minimum absolute atomic E-state index is 0. The molecule has 0 unspecified atom stereocenters. The van der Waals surface area contributed by atoms with Gasteiger partial charge in [0.2, 0.25) is 17.7 Å². The van der Waals surface area contributed by atoms with Gasteiger partial charge in [-0.2, -0.15) is 0 Å². The van der Waals surface area contributed by atoms with Crippen LogP contribution >= 0.6 is 0 Å². The van der Waals surface area contributed by atoms with Gasteiger partial charge in [0.1, 0.15) is 24.2 Å². The van der Waals surface area contributed by atoms with Gasteiger partial charge in [-0.05, 0) is 39.0 Å². The molecule has 0 aliphatic rings. The molecular formula is C40H73N3O11. The van der Waals surface area contributed by atoms with E-state index in [-0.39, 0.29) is 102 Å². The highest BCUT2D eigenvalue weighted by Gasteiger charge is 2.26. The van der Waals surface area contributed by atoms with Crippen LogP contribution in [0.2, 0.25) is 0 Å². The summed E-state index contributed by atoms with van der Waals surface area (Å²) in [6, 6.07) is -1.14. The van der Waals surface area contributed by atoms with Crippen molar-refractivity contribution in [3.05, 3.63) is 0 Å². The molecule has 314 valence electrons. The molecule has 0 aliphatic heterocycles. The molecule has 0 heterocycles. The summed E-state index contributed by atoms with van der Waals surface area (Å²) in [6.45, 7) is 8.20. The number of ketones is 2. The molecule has 0 aliphatic carbocycles. The van der Waals surface area contributed by atoms with Crippen LogP contribution in [-0.2, 0) is 43.0 Å². The van der Waals surface area contributed by atoms with Gasteiger partial charge in [0.25, 0.3) is 0 Å². The lowest BCUT2D eigenvalue weighted by Crippen LogP contribution is -2.41. The Labute approximate surface area is 324 Å². The summed E-state index contributed by atoms with van der Waals surface area (Å²) in [6.07, 6.45) is 15.0. The number of unbranched alkanes of at least 4 members (excludes halogenated alkanes) is 12. The Balaban J connectivity index is 0. The van der Waals surface area contributed by atoms with E-state index in [1.165, 1.54) is 26.2 Å². The van der Waals surface area contributed by atoms with E-state index in [1.807, 2.05) is 20.8 Å². The third-order valence-corrected chi connectivity index (χ3v) is 9.16. The Bertz CT molecular complexity index is 1110. The molecule has 54 heavy (non-hydrogen) atoms. The van der Waals surface area contributed by atoms with Crippen LogP contribution in [0.3, 0.4) is 0 Å². The van der Waals surface area contributed by atoms with Crippen molar-refractivity contribution in [3.63, 3.8) is 0 Å². The van der Waals surface area contributed by atoms with Crippen molar-refractivity contribution < 1.29 is 54.7 Å². The first-order valence-electron chi connectivity index (χ1n) is 20.1. The number of carboxylic acids is 2. The minimum Gasteiger partial charge on any atom is -0.481 e. The SMILES string of the molecule is CC(=O)[C@H](CCCCNC(=O)COCCOCCNC(=O)CC[C@H](NC(=O)CCCCCCCCCCCCCCC(=O)O)C(=O)O)CC(=O)C(C)(C)C.[HH]. The van der Waals surface area contributed by atoms with Crippen LogP contribution in [0.1, 0.15) is 158 Å². The van der Waals surface area contributed by atoms with Crippen LogP contribution in [-0.4, -0.2) is 97.0 Å². The number of carbonyl (C=O) groups is 7. The molecule has 0 aromatic carbocycles. The predicted octanol–water partition coefficient (Wildman–Crippen LogP) is 5.77. The van der Waals surface area contributed by atoms with Crippen LogP contribution in [0.25, 0.3) is 0 Å². The largest absolute Gasteiger partial charge is 0.481 e. The maximum Gasteiger partial charge on any atom is 0.326 e. The highest BCUT2D eigenvalue weighted by atomic mass is 16.5. The molecule has 0 radical (unpaired) electrons. The lowest BCUT2D eigenvalue weighted by Gasteiger charge is -2.20. The lowest BCUT2D eigenvalue weighted by molar-refractivity contribution is -0.142. The zero-order valence-corrected chi connectivity index (χ0v) is 33.6. The van der Waals surface area contributed by atoms with Crippen LogP contribution in [0, 0.1) is 11.3 Å². The molecule has 0 spiro atoms. The van der Waals surface area contributed by atoms with Gasteiger partial charge >= 0.3 is 11.9 Å². The predicted molar refractivity (Wildman–Crippen MR) is 208 cm³/mol. The number of hydrogen-bond acceptors (Lipinski definition) is 9. The third-order valence-electron chi connectivity index (χ3n) is 9.16. The number of rotatable bonds is 36. The normalized spacial score (nSPS) is 12.4. The summed E-state index contributed by atoms with van der Waals surface area (Å²) in [7, 11) is 0. The first kappa shape index (κ1) is 50.6. The molecule has 0 aromatic heterocycles. The monoisotopic (exact) mass is 772 g/mol. The van der Waals surface area contributed by atoms with Crippen molar-refractivity contribution >= 4 is 41.2 Å².